The van der Waals surface area contributed by atoms with Crippen molar-refractivity contribution in [2.45, 2.75) is 269 Å². The maximum absolute atomic E-state index is 12.8. The zero-order valence-corrected chi connectivity index (χ0v) is 38.0. The molecule has 0 radical (unpaired) electrons. The van der Waals surface area contributed by atoms with Crippen molar-refractivity contribution in [3.05, 3.63) is 12.2 Å². The van der Waals surface area contributed by atoms with Crippen molar-refractivity contribution in [1.82, 2.24) is 0 Å². The zero-order chi connectivity index (χ0) is 43.0. The fourth-order valence-corrected chi connectivity index (χ4v) is 7.70. The minimum atomic E-state index is -1.59. The van der Waals surface area contributed by atoms with E-state index in [-0.39, 0.29) is 32.0 Å². The number of aliphatic hydroxyl groups excluding tert-OH is 4. The van der Waals surface area contributed by atoms with E-state index in [4.69, 9.17) is 18.9 Å². The molecule has 59 heavy (non-hydrogen) atoms. The number of carbonyl (C=O) groups is 2. The number of hydrogen-bond donors (Lipinski definition) is 4. The third-order valence-electron chi connectivity index (χ3n) is 11.7. The topological polar surface area (TPSA) is 152 Å². The van der Waals surface area contributed by atoms with Crippen LogP contribution in [0.25, 0.3) is 0 Å². The van der Waals surface area contributed by atoms with E-state index in [2.05, 4.69) is 26.0 Å². The molecule has 10 nitrogen and oxygen atoms in total. The number of hydrogen-bond acceptors (Lipinski definition) is 10. The molecule has 0 spiro atoms. The smallest absolute Gasteiger partial charge is 0.306 e. The van der Waals surface area contributed by atoms with E-state index < -0.39 is 49.4 Å². The molecule has 0 saturated carbocycles. The molecule has 0 bridgehead atoms. The molecule has 1 aliphatic rings. The SMILES string of the molecule is CCCC/C=C/CCCCCCCCCCCC(=O)O[C@@H](COC(=O)CCCCCCCCCCCCCCCCCCCCC)CO[C@H]1O[C@@H](CO)[C@@H](O)C(O)C1O. The number of ether oxygens (including phenoxy) is 4. The first-order valence-electron chi connectivity index (χ1n) is 24.8. The van der Waals surface area contributed by atoms with Crippen LogP contribution in [0, 0.1) is 0 Å². The number of aliphatic hydroxyl groups is 4. The molecule has 1 aliphatic heterocycles. The average Bonchev–Trinajstić information content (AvgIpc) is 3.23. The standard InChI is InChI=1S/C49H92O10/c1-3-5-7-9-11-13-15-17-19-20-21-22-24-25-27-29-31-33-35-37-44(51)56-40-42(41-57-49-48(55)47(54)46(53)43(39-50)59-49)58-45(52)38-36-34-32-30-28-26-23-18-16-14-12-10-8-6-4-2/h10,12,42-43,46-50,53-55H,3-9,11,13-41H2,1-2H3/b12-10+/t42-,43-,46+,47?,48?,49-/m0/s1. The first-order chi connectivity index (χ1) is 28.8. The second-order valence-corrected chi connectivity index (χ2v) is 17.3. The van der Waals surface area contributed by atoms with E-state index in [1.165, 1.54) is 161 Å². The monoisotopic (exact) mass is 841 g/mol. The summed E-state index contributed by atoms with van der Waals surface area (Å²) in [5.74, 6) is -0.795. The Morgan fingerprint density at radius 2 is 0.915 bits per heavy atom. The van der Waals surface area contributed by atoms with Crippen LogP contribution in [0.4, 0.5) is 0 Å². The molecule has 0 aromatic carbocycles. The molecule has 1 rings (SSSR count). The zero-order valence-electron chi connectivity index (χ0n) is 38.0. The summed E-state index contributed by atoms with van der Waals surface area (Å²) in [7, 11) is 0. The van der Waals surface area contributed by atoms with Crippen molar-refractivity contribution in [3.63, 3.8) is 0 Å². The highest BCUT2D eigenvalue weighted by atomic mass is 16.7. The van der Waals surface area contributed by atoms with Gasteiger partial charge in [0.25, 0.3) is 0 Å². The summed E-state index contributed by atoms with van der Waals surface area (Å²) in [5.41, 5.74) is 0. The molecule has 1 saturated heterocycles. The minimum absolute atomic E-state index is 0.212. The van der Waals surface area contributed by atoms with E-state index in [1.807, 2.05) is 0 Å². The normalized spacial score (nSPS) is 20.0. The summed E-state index contributed by atoms with van der Waals surface area (Å²) in [6.45, 7) is 3.43. The maximum Gasteiger partial charge on any atom is 0.306 e. The van der Waals surface area contributed by atoms with Crippen molar-refractivity contribution >= 4 is 11.9 Å². The molecule has 0 amide bonds. The van der Waals surface area contributed by atoms with E-state index in [1.54, 1.807) is 0 Å². The summed E-state index contributed by atoms with van der Waals surface area (Å²) < 4.78 is 22.2. The lowest BCUT2D eigenvalue weighted by molar-refractivity contribution is -0.305. The molecule has 0 aromatic heterocycles. The highest BCUT2D eigenvalue weighted by molar-refractivity contribution is 5.70. The maximum atomic E-state index is 12.8. The van der Waals surface area contributed by atoms with Crippen molar-refractivity contribution in [1.29, 1.82) is 0 Å². The second kappa shape index (κ2) is 40.5. The van der Waals surface area contributed by atoms with Gasteiger partial charge in [0.2, 0.25) is 0 Å². The Hall–Kier alpha value is -1.56. The summed E-state index contributed by atoms with van der Waals surface area (Å²) in [6.07, 6.45) is 36.4. The van der Waals surface area contributed by atoms with Gasteiger partial charge >= 0.3 is 11.9 Å². The second-order valence-electron chi connectivity index (χ2n) is 17.3. The van der Waals surface area contributed by atoms with E-state index in [0.29, 0.717) is 6.42 Å². The van der Waals surface area contributed by atoms with Gasteiger partial charge in [0.05, 0.1) is 13.2 Å². The number of unbranched alkanes of at least 4 members (excludes halogenated alkanes) is 29. The van der Waals surface area contributed by atoms with Gasteiger partial charge in [-0.1, -0.05) is 199 Å². The van der Waals surface area contributed by atoms with Crippen LogP contribution in [0.5, 0.6) is 0 Å². The van der Waals surface area contributed by atoms with Crippen molar-refractivity contribution in [2.24, 2.45) is 0 Å². The lowest BCUT2D eigenvalue weighted by Gasteiger charge is -2.39. The fraction of sp³-hybridized carbons (Fsp3) is 0.918. The van der Waals surface area contributed by atoms with Crippen molar-refractivity contribution in [2.75, 3.05) is 19.8 Å². The number of allylic oxidation sites excluding steroid dienone is 2. The first kappa shape index (κ1) is 55.5. The molecular formula is C49H92O10. The Kier molecular flexibility index (Phi) is 38.1. The number of esters is 2. The van der Waals surface area contributed by atoms with Gasteiger partial charge in [-0.25, -0.2) is 0 Å². The Labute approximate surface area is 361 Å². The van der Waals surface area contributed by atoms with Crippen LogP contribution in [-0.4, -0.2) is 89.0 Å². The van der Waals surface area contributed by atoms with Gasteiger partial charge in [-0.2, -0.15) is 0 Å². The highest BCUT2D eigenvalue weighted by Gasteiger charge is 2.44. The average molecular weight is 841 g/mol. The Morgan fingerprint density at radius 3 is 1.37 bits per heavy atom. The Balaban J connectivity index is 2.26. The number of rotatable bonds is 42. The van der Waals surface area contributed by atoms with Crippen LogP contribution in [-0.2, 0) is 28.5 Å². The van der Waals surface area contributed by atoms with Crippen LogP contribution in [0.2, 0.25) is 0 Å². The molecule has 10 heteroatoms. The third-order valence-corrected chi connectivity index (χ3v) is 11.7. The predicted molar refractivity (Wildman–Crippen MR) is 238 cm³/mol. The molecule has 1 heterocycles. The van der Waals surface area contributed by atoms with E-state index in [0.717, 1.165) is 38.5 Å². The van der Waals surface area contributed by atoms with Gasteiger partial charge in [0, 0.05) is 12.8 Å². The summed E-state index contributed by atoms with van der Waals surface area (Å²) >= 11 is 0. The predicted octanol–water partition coefficient (Wildman–Crippen LogP) is 11.1. The first-order valence-corrected chi connectivity index (χ1v) is 24.8. The van der Waals surface area contributed by atoms with Gasteiger partial charge < -0.3 is 39.4 Å². The lowest BCUT2D eigenvalue weighted by Crippen LogP contribution is -2.59. The molecule has 0 aromatic rings. The van der Waals surface area contributed by atoms with E-state index in [9.17, 15) is 30.0 Å². The molecule has 1 fully saturated rings. The van der Waals surface area contributed by atoms with Gasteiger partial charge in [-0.05, 0) is 32.1 Å². The van der Waals surface area contributed by atoms with Gasteiger partial charge in [-0.3, -0.25) is 9.59 Å². The quantitative estimate of drug-likeness (QED) is 0.0265. The van der Waals surface area contributed by atoms with Gasteiger partial charge in [0.15, 0.2) is 12.4 Å². The molecule has 348 valence electrons. The number of carbonyl (C=O) groups excluding carboxylic acids is 2. The van der Waals surface area contributed by atoms with Crippen molar-refractivity contribution < 1.29 is 49.0 Å². The molecule has 6 atom stereocenters. The van der Waals surface area contributed by atoms with Gasteiger partial charge in [0.1, 0.15) is 31.0 Å². The summed E-state index contributed by atoms with van der Waals surface area (Å²) in [4.78, 5) is 25.4. The van der Waals surface area contributed by atoms with Gasteiger partial charge in [-0.15, -0.1) is 0 Å². The summed E-state index contributed by atoms with van der Waals surface area (Å²) in [5, 5.41) is 40.1. The molecular weight excluding hydrogens is 749 g/mol. The van der Waals surface area contributed by atoms with Crippen LogP contribution in [0.1, 0.15) is 232 Å². The largest absolute Gasteiger partial charge is 0.462 e. The van der Waals surface area contributed by atoms with Crippen LogP contribution >= 0.6 is 0 Å². The Bertz CT molecular complexity index is 974. The third kappa shape index (κ3) is 31.9. The van der Waals surface area contributed by atoms with Crippen LogP contribution < -0.4 is 0 Å². The summed E-state index contributed by atoms with van der Waals surface area (Å²) in [6, 6.07) is 0. The molecule has 0 aliphatic carbocycles. The van der Waals surface area contributed by atoms with Crippen LogP contribution in [0.3, 0.4) is 0 Å². The molecule has 2 unspecified atom stereocenters. The fourth-order valence-electron chi connectivity index (χ4n) is 7.70. The van der Waals surface area contributed by atoms with E-state index >= 15 is 0 Å². The van der Waals surface area contributed by atoms with Crippen molar-refractivity contribution in [3.8, 4) is 0 Å². The van der Waals surface area contributed by atoms with Crippen LogP contribution in [0.15, 0.2) is 12.2 Å². The highest BCUT2D eigenvalue weighted by Crippen LogP contribution is 2.23. The minimum Gasteiger partial charge on any atom is -0.462 e. The molecule has 4 N–H and O–H groups in total. The lowest BCUT2D eigenvalue weighted by atomic mass is 9.99. The Morgan fingerprint density at radius 1 is 0.508 bits per heavy atom.